The molecule has 0 aliphatic carbocycles. The minimum atomic E-state index is -0.0210. The van der Waals surface area contributed by atoms with Crippen LogP contribution >= 0.6 is 0 Å². The Labute approximate surface area is 113 Å². The summed E-state index contributed by atoms with van der Waals surface area (Å²) in [5.41, 5.74) is 6.87. The topological polar surface area (TPSA) is 64.8 Å². The van der Waals surface area contributed by atoms with Gasteiger partial charge < -0.3 is 20.1 Å². The van der Waals surface area contributed by atoms with E-state index in [-0.39, 0.29) is 12.0 Å². The number of benzene rings is 1. The lowest BCUT2D eigenvalue weighted by molar-refractivity contribution is 0.0269. The molecule has 19 heavy (non-hydrogen) atoms. The minimum absolute atomic E-state index is 0.0210. The number of methoxy groups -OCH3 is 2. The molecule has 0 radical (unpaired) electrons. The van der Waals surface area contributed by atoms with E-state index in [0.29, 0.717) is 23.5 Å². The van der Waals surface area contributed by atoms with Crippen LogP contribution in [0.2, 0.25) is 0 Å². The third kappa shape index (κ3) is 3.17. The van der Waals surface area contributed by atoms with Crippen LogP contribution in [0.5, 0.6) is 5.75 Å². The summed E-state index contributed by atoms with van der Waals surface area (Å²) in [6, 6.07) is 5.10. The highest BCUT2D eigenvalue weighted by Gasteiger charge is 2.24. The van der Waals surface area contributed by atoms with Crippen LogP contribution in [0, 0.1) is 0 Å². The third-order valence-electron chi connectivity index (χ3n) is 3.41. The highest BCUT2D eigenvalue weighted by molar-refractivity contribution is 5.95. The quantitative estimate of drug-likeness (QED) is 0.841. The zero-order chi connectivity index (χ0) is 13.8. The monoisotopic (exact) mass is 264 g/mol. The molecule has 5 heteroatoms. The predicted octanol–water partition coefficient (Wildman–Crippen LogP) is 1.53. The average Bonchev–Trinajstić information content (AvgIpc) is 2.45. The Kier molecular flexibility index (Phi) is 4.27. The molecule has 1 aliphatic rings. The smallest absolute Gasteiger partial charge is 0.254 e. The molecule has 1 atom stereocenters. The highest BCUT2D eigenvalue weighted by Crippen LogP contribution is 2.21. The molecular weight excluding hydrogens is 244 g/mol. The molecule has 0 bridgehead atoms. The molecule has 1 aliphatic heterocycles. The van der Waals surface area contributed by atoms with Crippen LogP contribution in [0.25, 0.3) is 0 Å². The summed E-state index contributed by atoms with van der Waals surface area (Å²) in [4.78, 5) is 14.3. The van der Waals surface area contributed by atoms with E-state index in [4.69, 9.17) is 15.2 Å². The second-order valence-corrected chi connectivity index (χ2v) is 4.75. The number of carbonyl (C=O) groups excluding carboxylic acids is 1. The van der Waals surface area contributed by atoms with E-state index in [1.54, 1.807) is 32.4 Å². The summed E-state index contributed by atoms with van der Waals surface area (Å²) in [6.07, 6.45) is 2.09. The zero-order valence-electron chi connectivity index (χ0n) is 11.4. The Morgan fingerprint density at radius 2 is 2.16 bits per heavy atom. The van der Waals surface area contributed by atoms with Crippen LogP contribution in [0.15, 0.2) is 18.2 Å². The zero-order valence-corrected chi connectivity index (χ0v) is 11.4. The number of piperidine rings is 1. The lowest BCUT2D eigenvalue weighted by atomic mass is 10.1. The molecule has 0 saturated carbocycles. The number of nitrogen functional groups attached to an aromatic ring is 1. The maximum absolute atomic E-state index is 12.4. The number of rotatable bonds is 3. The van der Waals surface area contributed by atoms with Crippen LogP contribution in [-0.4, -0.2) is 44.2 Å². The number of ether oxygens (including phenoxy) is 2. The van der Waals surface area contributed by atoms with Gasteiger partial charge in [-0.1, -0.05) is 0 Å². The van der Waals surface area contributed by atoms with Gasteiger partial charge in [0.15, 0.2) is 0 Å². The highest BCUT2D eigenvalue weighted by atomic mass is 16.5. The van der Waals surface area contributed by atoms with E-state index in [0.717, 1.165) is 19.4 Å². The van der Waals surface area contributed by atoms with Crippen molar-refractivity contribution >= 4 is 11.6 Å². The second kappa shape index (κ2) is 5.93. The molecule has 2 N–H and O–H groups in total. The average molecular weight is 264 g/mol. The summed E-state index contributed by atoms with van der Waals surface area (Å²) in [5, 5.41) is 0. The molecule has 1 unspecified atom stereocenters. The van der Waals surface area contributed by atoms with Crippen LogP contribution in [-0.2, 0) is 4.74 Å². The maximum Gasteiger partial charge on any atom is 0.254 e. The number of carbonyl (C=O) groups is 1. The molecule has 1 heterocycles. The van der Waals surface area contributed by atoms with Gasteiger partial charge in [0.25, 0.3) is 5.91 Å². The Morgan fingerprint density at radius 3 is 2.84 bits per heavy atom. The molecule has 1 fully saturated rings. The molecule has 1 aromatic carbocycles. The Balaban J connectivity index is 2.16. The summed E-state index contributed by atoms with van der Waals surface area (Å²) in [6.45, 7) is 1.39. The number of hydrogen-bond acceptors (Lipinski definition) is 4. The van der Waals surface area contributed by atoms with Gasteiger partial charge >= 0.3 is 0 Å². The fourth-order valence-corrected chi connectivity index (χ4v) is 2.36. The van der Waals surface area contributed by atoms with Gasteiger partial charge in [-0.25, -0.2) is 0 Å². The van der Waals surface area contributed by atoms with E-state index in [1.807, 2.05) is 4.90 Å². The van der Waals surface area contributed by atoms with E-state index >= 15 is 0 Å². The third-order valence-corrected chi connectivity index (χ3v) is 3.41. The fraction of sp³-hybridized carbons (Fsp3) is 0.500. The Bertz CT molecular complexity index is 462. The predicted molar refractivity (Wildman–Crippen MR) is 73.3 cm³/mol. The minimum Gasteiger partial charge on any atom is -0.497 e. The van der Waals surface area contributed by atoms with Crippen LogP contribution in [0.3, 0.4) is 0 Å². The molecule has 1 saturated heterocycles. The number of likely N-dealkylation sites (tertiary alicyclic amines) is 1. The fourth-order valence-electron chi connectivity index (χ4n) is 2.36. The van der Waals surface area contributed by atoms with Crippen LogP contribution in [0.1, 0.15) is 23.2 Å². The van der Waals surface area contributed by atoms with Gasteiger partial charge in [0, 0.05) is 37.5 Å². The first-order valence-corrected chi connectivity index (χ1v) is 6.40. The molecule has 0 spiro atoms. The van der Waals surface area contributed by atoms with Gasteiger partial charge in [0.2, 0.25) is 0 Å². The molecule has 1 amide bonds. The van der Waals surface area contributed by atoms with E-state index in [9.17, 15) is 4.79 Å². The van der Waals surface area contributed by atoms with Crippen molar-refractivity contribution in [1.29, 1.82) is 0 Å². The maximum atomic E-state index is 12.4. The van der Waals surface area contributed by atoms with Gasteiger partial charge in [-0.05, 0) is 25.0 Å². The first-order valence-electron chi connectivity index (χ1n) is 6.40. The second-order valence-electron chi connectivity index (χ2n) is 4.75. The van der Waals surface area contributed by atoms with Gasteiger partial charge in [0.1, 0.15) is 5.75 Å². The molecule has 5 nitrogen and oxygen atoms in total. The van der Waals surface area contributed by atoms with E-state index in [2.05, 4.69) is 0 Å². The number of anilines is 1. The van der Waals surface area contributed by atoms with E-state index < -0.39 is 0 Å². The van der Waals surface area contributed by atoms with Crippen molar-refractivity contribution in [3.8, 4) is 5.75 Å². The Morgan fingerprint density at radius 1 is 1.37 bits per heavy atom. The van der Waals surface area contributed by atoms with Crippen molar-refractivity contribution in [2.45, 2.75) is 18.9 Å². The summed E-state index contributed by atoms with van der Waals surface area (Å²) >= 11 is 0. The number of hydrogen-bond donors (Lipinski definition) is 1. The van der Waals surface area contributed by atoms with Crippen molar-refractivity contribution in [2.75, 3.05) is 33.0 Å². The molecule has 1 aromatic rings. The van der Waals surface area contributed by atoms with Crippen molar-refractivity contribution < 1.29 is 14.3 Å². The van der Waals surface area contributed by atoms with Crippen LogP contribution < -0.4 is 10.5 Å². The molecule has 104 valence electrons. The lowest BCUT2D eigenvalue weighted by Gasteiger charge is -2.32. The summed E-state index contributed by atoms with van der Waals surface area (Å²) < 4.78 is 10.5. The van der Waals surface area contributed by atoms with Crippen molar-refractivity contribution in [3.05, 3.63) is 23.8 Å². The first kappa shape index (κ1) is 13.7. The number of nitrogens with two attached hydrogens (primary N) is 1. The molecular formula is C14H20N2O3. The normalized spacial score (nSPS) is 19.3. The van der Waals surface area contributed by atoms with Gasteiger partial charge in [-0.15, -0.1) is 0 Å². The number of amides is 1. The Hall–Kier alpha value is -1.75. The standard InChI is InChI=1S/C14H20N2O3/c1-18-12-4-3-5-16(9-12)14(17)10-6-11(15)8-13(7-10)19-2/h6-8,12H,3-5,9,15H2,1-2H3. The van der Waals surface area contributed by atoms with E-state index in [1.165, 1.54) is 0 Å². The molecule has 0 aromatic heterocycles. The van der Waals surface area contributed by atoms with Crippen molar-refractivity contribution in [2.24, 2.45) is 0 Å². The lowest BCUT2D eigenvalue weighted by Crippen LogP contribution is -2.42. The van der Waals surface area contributed by atoms with Gasteiger partial charge in [0.05, 0.1) is 13.2 Å². The summed E-state index contributed by atoms with van der Waals surface area (Å²) in [7, 11) is 3.24. The first-order chi connectivity index (χ1) is 9.13. The van der Waals surface area contributed by atoms with Crippen molar-refractivity contribution in [3.63, 3.8) is 0 Å². The van der Waals surface area contributed by atoms with Gasteiger partial charge in [-0.3, -0.25) is 4.79 Å². The van der Waals surface area contributed by atoms with Crippen molar-refractivity contribution in [1.82, 2.24) is 4.90 Å². The SMILES string of the molecule is COc1cc(N)cc(C(=O)N2CCCC(OC)C2)c1. The number of nitrogens with zero attached hydrogens (tertiary/aromatic N) is 1. The van der Waals surface area contributed by atoms with Gasteiger partial charge in [-0.2, -0.15) is 0 Å². The molecule has 2 rings (SSSR count). The summed E-state index contributed by atoms with van der Waals surface area (Å²) in [5.74, 6) is 0.580. The van der Waals surface area contributed by atoms with Crippen LogP contribution in [0.4, 0.5) is 5.69 Å². The largest absolute Gasteiger partial charge is 0.497 e.